The second-order valence-corrected chi connectivity index (χ2v) is 3.66. The Morgan fingerprint density at radius 3 is 3.15 bits per heavy atom. The lowest BCUT2D eigenvalue weighted by Gasteiger charge is -2.20. The van der Waals surface area contributed by atoms with Gasteiger partial charge in [-0.2, -0.15) is 0 Å². The largest absolute Gasteiger partial charge is 0.390 e. The van der Waals surface area contributed by atoms with Gasteiger partial charge in [-0.1, -0.05) is 0 Å². The van der Waals surface area contributed by atoms with E-state index in [-0.39, 0.29) is 12.7 Å². The molecule has 1 aromatic heterocycles. The van der Waals surface area contributed by atoms with Crippen LogP contribution in [0.3, 0.4) is 0 Å². The summed E-state index contributed by atoms with van der Waals surface area (Å²) < 4.78 is 10.7. The third-order valence-electron chi connectivity index (χ3n) is 1.82. The van der Waals surface area contributed by atoms with Crippen molar-refractivity contribution in [2.45, 2.75) is 12.7 Å². The van der Waals surface area contributed by atoms with E-state index >= 15 is 0 Å². The van der Waals surface area contributed by atoms with Crippen molar-refractivity contribution >= 4 is 11.3 Å². The third kappa shape index (κ3) is 2.05. The standard InChI is InChI=1S/C8H11NO3S/c10-3-6-5-13-8(9-6)7-4-11-1-2-12-7/h5,7,10H,1-4H2. The lowest BCUT2D eigenvalue weighted by atomic mass is 10.3. The molecule has 0 radical (unpaired) electrons. The quantitative estimate of drug-likeness (QED) is 0.766. The van der Waals surface area contributed by atoms with Crippen LogP contribution < -0.4 is 0 Å². The summed E-state index contributed by atoms with van der Waals surface area (Å²) in [6.45, 7) is 1.84. The highest BCUT2D eigenvalue weighted by Gasteiger charge is 2.19. The van der Waals surface area contributed by atoms with Crippen LogP contribution in [0.2, 0.25) is 0 Å². The Labute approximate surface area is 80.1 Å². The number of nitrogens with zero attached hydrogens (tertiary/aromatic N) is 1. The average Bonchev–Trinajstić information content (AvgIpc) is 2.67. The maximum absolute atomic E-state index is 8.82. The van der Waals surface area contributed by atoms with Crippen LogP contribution in [0.1, 0.15) is 16.8 Å². The van der Waals surface area contributed by atoms with Gasteiger partial charge >= 0.3 is 0 Å². The number of aliphatic hydroxyl groups is 1. The Balaban J connectivity index is 2.05. The first-order valence-corrected chi connectivity index (χ1v) is 5.02. The predicted molar refractivity (Wildman–Crippen MR) is 47.5 cm³/mol. The Morgan fingerprint density at radius 1 is 1.62 bits per heavy atom. The summed E-state index contributed by atoms with van der Waals surface area (Å²) in [6.07, 6.45) is -0.0425. The van der Waals surface area contributed by atoms with Gasteiger partial charge in [0, 0.05) is 5.38 Å². The summed E-state index contributed by atoms with van der Waals surface area (Å²) in [6, 6.07) is 0. The summed E-state index contributed by atoms with van der Waals surface area (Å²) >= 11 is 1.50. The molecule has 1 N–H and O–H groups in total. The number of aliphatic hydroxyl groups excluding tert-OH is 1. The molecule has 0 aromatic carbocycles. The van der Waals surface area contributed by atoms with E-state index in [1.165, 1.54) is 11.3 Å². The van der Waals surface area contributed by atoms with Crippen molar-refractivity contribution in [2.24, 2.45) is 0 Å². The molecule has 1 fully saturated rings. The molecule has 5 heteroatoms. The molecular weight excluding hydrogens is 190 g/mol. The normalized spacial score (nSPS) is 23.3. The zero-order chi connectivity index (χ0) is 9.10. The Kier molecular flexibility index (Phi) is 2.90. The molecule has 2 rings (SSSR count). The summed E-state index contributed by atoms with van der Waals surface area (Å²) in [4.78, 5) is 4.22. The lowest BCUT2D eigenvalue weighted by molar-refractivity contribution is -0.0902. The maximum atomic E-state index is 8.82. The third-order valence-corrected chi connectivity index (χ3v) is 2.81. The van der Waals surface area contributed by atoms with E-state index in [2.05, 4.69) is 4.98 Å². The van der Waals surface area contributed by atoms with Gasteiger partial charge in [-0.25, -0.2) is 4.98 Å². The summed E-state index contributed by atoms with van der Waals surface area (Å²) in [5.41, 5.74) is 0.703. The molecule has 1 atom stereocenters. The van der Waals surface area contributed by atoms with Gasteiger partial charge in [-0.05, 0) is 0 Å². The minimum Gasteiger partial charge on any atom is -0.390 e. The van der Waals surface area contributed by atoms with E-state index in [4.69, 9.17) is 14.6 Å². The number of hydrogen-bond acceptors (Lipinski definition) is 5. The molecule has 0 spiro atoms. The second kappa shape index (κ2) is 4.15. The minimum atomic E-state index is -0.0425. The van der Waals surface area contributed by atoms with Crippen molar-refractivity contribution in [3.8, 4) is 0 Å². The van der Waals surface area contributed by atoms with Gasteiger partial charge in [0.2, 0.25) is 0 Å². The van der Waals surface area contributed by atoms with Gasteiger partial charge in [0.15, 0.2) is 0 Å². The summed E-state index contributed by atoms with van der Waals surface area (Å²) in [5, 5.41) is 11.6. The molecule has 1 aliphatic rings. The van der Waals surface area contributed by atoms with Crippen molar-refractivity contribution < 1.29 is 14.6 Å². The lowest BCUT2D eigenvalue weighted by Crippen LogP contribution is -2.21. The minimum absolute atomic E-state index is 0.00984. The monoisotopic (exact) mass is 201 g/mol. The highest BCUT2D eigenvalue weighted by Crippen LogP contribution is 2.23. The zero-order valence-electron chi connectivity index (χ0n) is 7.10. The van der Waals surface area contributed by atoms with Crippen molar-refractivity contribution in [3.05, 3.63) is 16.1 Å². The van der Waals surface area contributed by atoms with Gasteiger partial charge in [-0.3, -0.25) is 0 Å². The second-order valence-electron chi connectivity index (χ2n) is 2.77. The molecule has 0 amide bonds. The molecule has 0 bridgehead atoms. The molecule has 1 saturated heterocycles. The summed E-state index contributed by atoms with van der Waals surface area (Å²) in [7, 11) is 0. The molecule has 1 aromatic rings. The molecule has 72 valence electrons. The Morgan fingerprint density at radius 2 is 2.54 bits per heavy atom. The summed E-state index contributed by atoms with van der Waals surface area (Å²) in [5.74, 6) is 0. The van der Waals surface area contributed by atoms with Crippen LogP contribution >= 0.6 is 11.3 Å². The highest BCUT2D eigenvalue weighted by atomic mass is 32.1. The van der Waals surface area contributed by atoms with Gasteiger partial charge in [-0.15, -0.1) is 11.3 Å². The van der Waals surface area contributed by atoms with E-state index in [0.29, 0.717) is 25.5 Å². The van der Waals surface area contributed by atoms with Gasteiger partial charge in [0.1, 0.15) is 11.1 Å². The molecule has 4 nitrogen and oxygen atoms in total. The number of hydrogen-bond donors (Lipinski definition) is 1. The van der Waals surface area contributed by atoms with E-state index in [1.54, 1.807) is 0 Å². The van der Waals surface area contributed by atoms with Crippen molar-refractivity contribution in [1.29, 1.82) is 0 Å². The van der Waals surface area contributed by atoms with Crippen LogP contribution in [-0.4, -0.2) is 29.9 Å². The van der Waals surface area contributed by atoms with Crippen LogP contribution in [0, 0.1) is 0 Å². The van der Waals surface area contributed by atoms with Gasteiger partial charge in [0.25, 0.3) is 0 Å². The SMILES string of the molecule is OCc1csc(C2COCCO2)n1. The average molecular weight is 201 g/mol. The highest BCUT2D eigenvalue weighted by molar-refractivity contribution is 7.09. The van der Waals surface area contributed by atoms with Gasteiger partial charge in [0.05, 0.1) is 32.1 Å². The predicted octanol–water partition coefficient (Wildman–Crippen LogP) is 0.723. The first-order chi connectivity index (χ1) is 6.40. The topological polar surface area (TPSA) is 51.6 Å². The molecule has 13 heavy (non-hydrogen) atoms. The van der Waals surface area contributed by atoms with E-state index in [1.807, 2.05) is 5.38 Å². The number of rotatable bonds is 2. The fourth-order valence-corrected chi connectivity index (χ4v) is 2.02. The van der Waals surface area contributed by atoms with E-state index in [9.17, 15) is 0 Å². The number of ether oxygens (including phenoxy) is 2. The van der Waals surface area contributed by atoms with E-state index < -0.39 is 0 Å². The van der Waals surface area contributed by atoms with Crippen LogP contribution in [0.4, 0.5) is 0 Å². The maximum Gasteiger partial charge on any atom is 0.132 e. The van der Waals surface area contributed by atoms with Crippen LogP contribution in [0.5, 0.6) is 0 Å². The smallest absolute Gasteiger partial charge is 0.132 e. The number of thiazole rings is 1. The van der Waals surface area contributed by atoms with E-state index in [0.717, 1.165) is 5.01 Å². The molecule has 0 aliphatic carbocycles. The van der Waals surface area contributed by atoms with Gasteiger partial charge < -0.3 is 14.6 Å². The van der Waals surface area contributed by atoms with Crippen LogP contribution in [0.25, 0.3) is 0 Å². The van der Waals surface area contributed by atoms with Crippen molar-refractivity contribution in [2.75, 3.05) is 19.8 Å². The molecular formula is C8H11NO3S. The molecule has 2 heterocycles. The number of aromatic nitrogens is 1. The fraction of sp³-hybridized carbons (Fsp3) is 0.625. The molecule has 0 saturated carbocycles. The van der Waals surface area contributed by atoms with Crippen molar-refractivity contribution in [1.82, 2.24) is 4.98 Å². The van der Waals surface area contributed by atoms with Crippen LogP contribution in [-0.2, 0) is 16.1 Å². The Hall–Kier alpha value is -0.490. The van der Waals surface area contributed by atoms with Crippen molar-refractivity contribution in [3.63, 3.8) is 0 Å². The van der Waals surface area contributed by atoms with Crippen LogP contribution in [0.15, 0.2) is 5.38 Å². The Bertz CT molecular complexity index is 270. The molecule has 1 unspecified atom stereocenters. The fourth-order valence-electron chi connectivity index (χ4n) is 1.17. The first kappa shape index (κ1) is 9.08. The molecule has 1 aliphatic heterocycles. The zero-order valence-corrected chi connectivity index (χ0v) is 7.92. The first-order valence-electron chi connectivity index (χ1n) is 4.14.